The Bertz CT molecular complexity index is 796. The van der Waals surface area contributed by atoms with Gasteiger partial charge >= 0.3 is 0 Å². The zero-order valence-electron chi connectivity index (χ0n) is 11.2. The summed E-state index contributed by atoms with van der Waals surface area (Å²) < 4.78 is 7.16. The molecule has 0 radical (unpaired) electrons. The smallest absolute Gasteiger partial charge is 0.277 e. The third kappa shape index (κ3) is 3.45. The summed E-state index contributed by atoms with van der Waals surface area (Å²) >= 11 is 6.72. The van der Waals surface area contributed by atoms with Gasteiger partial charge < -0.3 is 9.84 Å². The van der Waals surface area contributed by atoms with Crippen LogP contribution < -0.4 is 5.32 Å². The van der Waals surface area contributed by atoms with Crippen molar-refractivity contribution >= 4 is 43.5 Å². The molecule has 0 aliphatic carbocycles. The lowest BCUT2D eigenvalue weighted by Crippen LogP contribution is -2.11. The van der Waals surface area contributed by atoms with E-state index in [9.17, 15) is 4.79 Å². The van der Waals surface area contributed by atoms with Crippen molar-refractivity contribution in [2.45, 2.75) is 0 Å². The lowest BCUT2D eigenvalue weighted by Gasteiger charge is -2.02. The fraction of sp³-hybridized carbons (Fsp3) is 0. The summed E-state index contributed by atoms with van der Waals surface area (Å²) in [4.78, 5) is 12.1. The van der Waals surface area contributed by atoms with E-state index >= 15 is 0 Å². The molecule has 3 aromatic rings. The van der Waals surface area contributed by atoms with Gasteiger partial charge in [0.05, 0.1) is 0 Å². The maximum Gasteiger partial charge on any atom is 0.277 e. The minimum Gasteiger partial charge on any atom is -0.355 e. The molecule has 0 saturated carbocycles. The lowest BCUT2D eigenvalue weighted by atomic mass is 10.1. The fourth-order valence-electron chi connectivity index (χ4n) is 1.86. The highest BCUT2D eigenvalue weighted by atomic mass is 79.9. The number of carbonyl (C=O) groups is 1. The Kier molecular flexibility index (Phi) is 4.40. The van der Waals surface area contributed by atoms with Crippen LogP contribution in [-0.4, -0.2) is 11.1 Å². The van der Waals surface area contributed by atoms with Crippen molar-refractivity contribution in [2.75, 3.05) is 5.32 Å². The predicted molar refractivity (Wildman–Crippen MR) is 91.7 cm³/mol. The maximum atomic E-state index is 12.1. The number of nitrogens with one attached hydrogen (secondary N) is 1. The SMILES string of the molecule is O=C(Nc1ccc(Br)cc1)c1cc(-c2ccc(Br)cc2)on1. The molecule has 2 aromatic carbocycles. The second-order valence-electron chi connectivity index (χ2n) is 4.54. The molecule has 1 amide bonds. The van der Waals surface area contributed by atoms with Gasteiger partial charge in [-0.3, -0.25) is 4.79 Å². The van der Waals surface area contributed by atoms with E-state index in [1.165, 1.54) is 0 Å². The van der Waals surface area contributed by atoms with Crippen LogP contribution in [0.4, 0.5) is 5.69 Å². The van der Waals surface area contributed by atoms with Crippen molar-refractivity contribution in [1.29, 1.82) is 0 Å². The molecule has 0 bridgehead atoms. The van der Waals surface area contributed by atoms with E-state index in [4.69, 9.17) is 4.52 Å². The van der Waals surface area contributed by atoms with Crippen molar-refractivity contribution in [2.24, 2.45) is 0 Å². The molecule has 1 heterocycles. The first-order chi connectivity index (χ1) is 10.6. The molecular formula is C16H10Br2N2O2. The standard InChI is InChI=1S/C16H10Br2N2O2/c17-11-3-1-10(2-4-11)15-9-14(20-22-15)16(21)19-13-7-5-12(18)6-8-13/h1-9H,(H,19,21). The van der Waals surface area contributed by atoms with Gasteiger partial charge in [0.1, 0.15) is 0 Å². The summed E-state index contributed by atoms with van der Waals surface area (Å²) in [6, 6.07) is 16.5. The van der Waals surface area contributed by atoms with Crippen molar-refractivity contribution < 1.29 is 9.32 Å². The molecule has 1 aromatic heterocycles. The molecule has 0 unspecified atom stereocenters. The van der Waals surface area contributed by atoms with Gasteiger partial charge in [0.25, 0.3) is 5.91 Å². The monoisotopic (exact) mass is 420 g/mol. The Labute approximate surface area is 143 Å². The number of rotatable bonds is 3. The molecule has 0 saturated heterocycles. The normalized spacial score (nSPS) is 10.5. The topological polar surface area (TPSA) is 55.1 Å². The number of aromatic nitrogens is 1. The van der Waals surface area contributed by atoms with Crippen LogP contribution in [0.1, 0.15) is 10.5 Å². The van der Waals surface area contributed by atoms with Crippen LogP contribution in [0, 0.1) is 0 Å². The van der Waals surface area contributed by atoms with Gasteiger partial charge in [-0.05, 0) is 36.4 Å². The number of benzene rings is 2. The maximum absolute atomic E-state index is 12.1. The largest absolute Gasteiger partial charge is 0.355 e. The number of carbonyl (C=O) groups excluding carboxylic acids is 1. The summed E-state index contributed by atoms with van der Waals surface area (Å²) in [5, 5.41) is 6.59. The van der Waals surface area contributed by atoms with Crippen molar-refractivity contribution in [3.63, 3.8) is 0 Å². The summed E-state index contributed by atoms with van der Waals surface area (Å²) in [5.41, 5.74) is 1.79. The molecule has 110 valence electrons. The van der Waals surface area contributed by atoms with Crippen LogP contribution in [0.5, 0.6) is 0 Å². The molecule has 4 nitrogen and oxygen atoms in total. The Morgan fingerprint density at radius 3 is 2.18 bits per heavy atom. The molecule has 3 rings (SSSR count). The first-order valence-corrected chi connectivity index (χ1v) is 8.00. The second kappa shape index (κ2) is 6.46. The number of halogens is 2. The van der Waals surface area contributed by atoms with Gasteiger partial charge in [-0.15, -0.1) is 0 Å². The average molecular weight is 422 g/mol. The number of hydrogen-bond donors (Lipinski definition) is 1. The first kappa shape index (κ1) is 15.0. The van der Waals surface area contributed by atoms with Gasteiger partial charge in [-0.2, -0.15) is 0 Å². The molecule has 0 atom stereocenters. The van der Waals surface area contributed by atoms with E-state index in [0.29, 0.717) is 11.4 Å². The van der Waals surface area contributed by atoms with Crippen molar-refractivity contribution in [3.05, 3.63) is 69.2 Å². The van der Waals surface area contributed by atoms with E-state index in [-0.39, 0.29) is 11.6 Å². The summed E-state index contributed by atoms with van der Waals surface area (Å²) in [5.74, 6) is 0.239. The number of anilines is 1. The van der Waals surface area contributed by atoms with Crippen LogP contribution in [0.15, 0.2) is 68.1 Å². The summed E-state index contributed by atoms with van der Waals surface area (Å²) in [6.45, 7) is 0. The minimum atomic E-state index is -0.311. The van der Waals surface area contributed by atoms with E-state index in [1.807, 2.05) is 36.4 Å². The summed E-state index contributed by atoms with van der Waals surface area (Å²) in [7, 11) is 0. The fourth-order valence-corrected chi connectivity index (χ4v) is 2.39. The number of hydrogen-bond acceptors (Lipinski definition) is 3. The molecular weight excluding hydrogens is 412 g/mol. The minimum absolute atomic E-state index is 0.237. The first-order valence-electron chi connectivity index (χ1n) is 6.41. The Hall–Kier alpha value is -1.92. The molecule has 6 heteroatoms. The van der Waals surface area contributed by atoms with Crippen molar-refractivity contribution in [1.82, 2.24) is 5.16 Å². The Balaban J connectivity index is 1.76. The molecule has 0 fully saturated rings. The quantitative estimate of drug-likeness (QED) is 0.638. The van der Waals surface area contributed by atoms with Gasteiger partial charge in [-0.1, -0.05) is 49.1 Å². The zero-order chi connectivity index (χ0) is 15.5. The third-order valence-electron chi connectivity index (χ3n) is 2.97. The van der Waals surface area contributed by atoms with E-state index in [2.05, 4.69) is 42.3 Å². The van der Waals surface area contributed by atoms with Crippen LogP contribution in [-0.2, 0) is 0 Å². The number of nitrogens with zero attached hydrogens (tertiary/aromatic N) is 1. The predicted octanol–water partition coefficient (Wildman–Crippen LogP) is 5.12. The third-order valence-corrected chi connectivity index (χ3v) is 4.03. The van der Waals surface area contributed by atoms with Gasteiger partial charge in [0.2, 0.25) is 0 Å². The van der Waals surface area contributed by atoms with Gasteiger partial charge in [-0.25, -0.2) is 0 Å². The average Bonchev–Trinajstić information content (AvgIpc) is 3.00. The second-order valence-corrected chi connectivity index (χ2v) is 6.38. The van der Waals surface area contributed by atoms with Gasteiger partial charge in [0.15, 0.2) is 11.5 Å². The molecule has 0 aliphatic heterocycles. The highest BCUT2D eigenvalue weighted by Gasteiger charge is 2.13. The number of amides is 1. The Morgan fingerprint density at radius 1 is 0.955 bits per heavy atom. The Morgan fingerprint density at radius 2 is 1.55 bits per heavy atom. The van der Waals surface area contributed by atoms with E-state index in [0.717, 1.165) is 14.5 Å². The van der Waals surface area contributed by atoms with Crippen LogP contribution in [0.25, 0.3) is 11.3 Å². The molecule has 22 heavy (non-hydrogen) atoms. The highest BCUT2D eigenvalue weighted by molar-refractivity contribution is 9.10. The highest BCUT2D eigenvalue weighted by Crippen LogP contribution is 2.23. The van der Waals surface area contributed by atoms with Crippen LogP contribution >= 0.6 is 31.9 Å². The van der Waals surface area contributed by atoms with E-state index in [1.54, 1.807) is 18.2 Å². The molecule has 0 spiro atoms. The van der Waals surface area contributed by atoms with Gasteiger partial charge in [0, 0.05) is 26.3 Å². The van der Waals surface area contributed by atoms with Crippen LogP contribution in [0.2, 0.25) is 0 Å². The van der Waals surface area contributed by atoms with Crippen molar-refractivity contribution in [3.8, 4) is 11.3 Å². The summed E-state index contributed by atoms with van der Waals surface area (Å²) in [6.07, 6.45) is 0. The molecule has 1 N–H and O–H groups in total. The molecule has 0 aliphatic rings. The zero-order valence-corrected chi connectivity index (χ0v) is 14.4. The van der Waals surface area contributed by atoms with Crippen LogP contribution in [0.3, 0.4) is 0 Å². The lowest BCUT2D eigenvalue weighted by molar-refractivity contribution is 0.101. The van der Waals surface area contributed by atoms with E-state index < -0.39 is 0 Å².